The Hall–Kier alpha value is -1.53. The summed E-state index contributed by atoms with van der Waals surface area (Å²) in [5.41, 5.74) is 0.852. The molecule has 112 valence electrons. The quantitative estimate of drug-likeness (QED) is 0.784. The van der Waals surface area contributed by atoms with Gasteiger partial charge in [0.05, 0.1) is 12.1 Å². The second-order valence-electron chi connectivity index (χ2n) is 4.28. The second-order valence-corrected chi connectivity index (χ2v) is 5.55. The van der Waals surface area contributed by atoms with Crippen LogP contribution in [0.5, 0.6) is 5.75 Å². The molecule has 2 aromatic rings. The van der Waals surface area contributed by atoms with Gasteiger partial charge in [-0.3, -0.25) is 0 Å². The first-order valence-corrected chi connectivity index (χ1v) is 7.67. The van der Waals surface area contributed by atoms with E-state index in [-0.39, 0.29) is 0 Å². The standard InChI is InChI=1S/C14H16BrClN4O/c1-3-6-17-13-12(21-2)14(19-8-18-13)20-9-4-5-11(16)10(15)7-9/h4-5,7-8H,3,6H2,1-2H3,(H2,17,18,19,20). The maximum atomic E-state index is 5.99. The summed E-state index contributed by atoms with van der Waals surface area (Å²) in [5, 5.41) is 7.07. The lowest BCUT2D eigenvalue weighted by atomic mass is 10.3. The topological polar surface area (TPSA) is 59.1 Å². The number of nitrogens with one attached hydrogen (secondary N) is 2. The molecule has 1 aromatic carbocycles. The zero-order valence-corrected chi connectivity index (χ0v) is 14.1. The molecule has 1 heterocycles. The van der Waals surface area contributed by atoms with Gasteiger partial charge in [-0.05, 0) is 40.5 Å². The van der Waals surface area contributed by atoms with Crippen molar-refractivity contribution in [2.24, 2.45) is 0 Å². The Bertz CT molecular complexity index is 624. The fourth-order valence-electron chi connectivity index (χ4n) is 1.74. The van der Waals surface area contributed by atoms with Gasteiger partial charge >= 0.3 is 0 Å². The molecule has 0 aliphatic heterocycles. The molecule has 0 fully saturated rings. The van der Waals surface area contributed by atoms with E-state index < -0.39 is 0 Å². The van der Waals surface area contributed by atoms with Gasteiger partial charge < -0.3 is 15.4 Å². The summed E-state index contributed by atoms with van der Waals surface area (Å²) >= 11 is 9.39. The molecular weight excluding hydrogens is 356 g/mol. The highest BCUT2D eigenvalue weighted by atomic mass is 79.9. The van der Waals surface area contributed by atoms with E-state index in [1.165, 1.54) is 6.33 Å². The van der Waals surface area contributed by atoms with Crippen molar-refractivity contribution in [3.8, 4) is 5.75 Å². The number of nitrogens with zero attached hydrogens (tertiary/aromatic N) is 2. The Balaban J connectivity index is 2.28. The number of hydrogen-bond acceptors (Lipinski definition) is 5. The van der Waals surface area contributed by atoms with Crippen LogP contribution in [0.4, 0.5) is 17.3 Å². The number of anilines is 3. The van der Waals surface area contributed by atoms with E-state index in [0.717, 1.165) is 23.1 Å². The summed E-state index contributed by atoms with van der Waals surface area (Å²) in [6, 6.07) is 5.55. The molecule has 0 amide bonds. The molecule has 0 bridgehead atoms. The molecule has 0 radical (unpaired) electrons. The van der Waals surface area contributed by atoms with Crippen LogP contribution < -0.4 is 15.4 Å². The maximum Gasteiger partial charge on any atom is 0.204 e. The Kier molecular flexibility index (Phi) is 5.64. The number of rotatable bonds is 6. The van der Waals surface area contributed by atoms with Crippen LogP contribution in [0.25, 0.3) is 0 Å². The van der Waals surface area contributed by atoms with Gasteiger partial charge in [-0.15, -0.1) is 0 Å². The van der Waals surface area contributed by atoms with Crippen molar-refractivity contribution in [2.45, 2.75) is 13.3 Å². The Morgan fingerprint density at radius 2 is 2.05 bits per heavy atom. The molecule has 1 aromatic heterocycles. The molecule has 0 saturated carbocycles. The minimum atomic E-state index is 0.581. The molecule has 0 saturated heterocycles. The van der Waals surface area contributed by atoms with Crippen LogP contribution in [-0.2, 0) is 0 Å². The Morgan fingerprint density at radius 1 is 1.29 bits per heavy atom. The molecule has 0 unspecified atom stereocenters. The van der Waals surface area contributed by atoms with E-state index in [4.69, 9.17) is 16.3 Å². The highest BCUT2D eigenvalue weighted by Crippen LogP contribution is 2.33. The molecule has 7 heteroatoms. The van der Waals surface area contributed by atoms with E-state index in [9.17, 15) is 0 Å². The van der Waals surface area contributed by atoms with Gasteiger partial charge in [0.1, 0.15) is 6.33 Å². The Morgan fingerprint density at radius 3 is 2.71 bits per heavy atom. The normalized spacial score (nSPS) is 10.3. The third-order valence-corrected chi connectivity index (χ3v) is 3.95. The van der Waals surface area contributed by atoms with Crippen molar-refractivity contribution in [1.29, 1.82) is 0 Å². The smallest absolute Gasteiger partial charge is 0.204 e. The van der Waals surface area contributed by atoms with Gasteiger partial charge in [0.15, 0.2) is 11.6 Å². The predicted octanol–water partition coefficient (Wildman–Crippen LogP) is 4.47. The van der Waals surface area contributed by atoms with Crippen molar-refractivity contribution in [2.75, 3.05) is 24.3 Å². The summed E-state index contributed by atoms with van der Waals surface area (Å²) in [6.45, 7) is 2.91. The van der Waals surface area contributed by atoms with Crippen molar-refractivity contribution in [3.63, 3.8) is 0 Å². The molecule has 5 nitrogen and oxygen atoms in total. The zero-order valence-electron chi connectivity index (χ0n) is 11.8. The number of methoxy groups -OCH3 is 1. The SMILES string of the molecule is CCCNc1ncnc(Nc2ccc(Cl)c(Br)c2)c1OC. The third-order valence-electron chi connectivity index (χ3n) is 2.73. The van der Waals surface area contributed by atoms with E-state index in [2.05, 4.69) is 43.5 Å². The molecule has 0 aliphatic carbocycles. The molecule has 2 rings (SSSR count). The van der Waals surface area contributed by atoms with E-state index in [1.54, 1.807) is 13.2 Å². The summed E-state index contributed by atoms with van der Waals surface area (Å²) in [7, 11) is 1.60. The summed E-state index contributed by atoms with van der Waals surface area (Å²) in [5.74, 6) is 1.85. The first-order chi connectivity index (χ1) is 10.2. The van der Waals surface area contributed by atoms with Crippen molar-refractivity contribution < 1.29 is 4.74 Å². The minimum absolute atomic E-state index is 0.581. The van der Waals surface area contributed by atoms with Crippen molar-refractivity contribution >= 4 is 44.9 Å². The molecule has 0 atom stereocenters. The highest BCUT2D eigenvalue weighted by Gasteiger charge is 2.12. The second kappa shape index (κ2) is 7.47. The lowest BCUT2D eigenvalue weighted by Gasteiger charge is -2.14. The van der Waals surface area contributed by atoms with Crippen LogP contribution in [0.2, 0.25) is 5.02 Å². The average molecular weight is 372 g/mol. The van der Waals surface area contributed by atoms with E-state index in [1.807, 2.05) is 12.1 Å². The first kappa shape index (κ1) is 15.9. The van der Waals surface area contributed by atoms with Gasteiger partial charge in [0, 0.05) is 16.7 Å². The van der Waals surface area contributed by atoms with E-state index in [0.29, 0.717) is 22.4 Å². The van der Waals surface area contributed by atoms with Gasteiger partial charge in [-0.25, -0.2) is 9.97 Å². The number of aromatic nitrogens is 2. The highest BCUT2D eigenvalue weighted by molar-refractivity contribution is 9.10. The van der Waals surface area contributed by atoms with E-state index >= 15 is 0 Å². The van der Waals surface area contributed by atoms with Crippen LogP contribution in [-0.4, -0.2) is 23.6 Å². The summed E-state index contributed by atoms with van der Waals surface area (Å²) in [4.78, 5) is 8.43. The Labute approximate surface area is 137 Å². The number of hydrogen-bond donors (Lipinski definition) is 2. The van der Waals surface area contributed by atoms with Gasteiger partial charge in [-0.2, -0.15) is 0 Å². The summed E-state index contributed by atoms with van der Waals surface area (Å²) in [6.07, 6.45) is 2.49. The van der Waals surface area contributed by atoms with Crippen LogP contribution >= 0.6 is 27.5 Å². The third kappa shape index (κ3) is 3.98. The van der Waals surface area contributed by atoms with Gasteiger partial charge in [0.25, 0.3) is 0 Å². The fraction of sp³-hybridized carbons (Fsp3) is 0.286. The maximum absolute atomic E-state index is 5.99. The van der Waals surface area contributed by atoms with Crippen LogP contribution in [0.3, 0.4) is 0 Å². The van der Waals surface area contributed by atoms with Crippen LogP contribution in [0.15, 0.2) is 29.0 Å². The molecule has 0 spiro atoms. The monoisotopic (exact) mass is 370 g/mol. The van der Waals surface area contributed by atoms with Gasteiger partial charge in [0.2, 0.25) is 5.75 Å². The van der Waals surface area contributed by atoms with Crippen molar-refractivity contribution in [3.05, 3.63) is 34.0 Å². The number of halogens is 2. The number of benzene rings is 1. The minimum Gasteiger partial charge on any atom is -0.490 e. The molecule has 21 heavy (non-hydrogen) atoms. The molecule has 2 N–H and O–H groups in total. The first-order valence-electron chi connectivity index (χ1n) is 6.50. The van der Waals surface area contributed by atoms with Crippen LogP contribution in [0.1, 0.15) is 13.3 Å². The lowest BCUT2D eigenvalue weighted by molar-refractivity contribution is 0.415. The van der Waals surface area contributed by atoms with Crippen LogP contribution in [0, 0.1) is 0 Å². The zero-order chi connectivity index (χ0) is 15.2. The predicted molar refractivity (Wildman–Crippen MR) is 89.8 cm³/mol. The molecule has 0 aliphatic rings. The number of ether oxygens (including phenoxy) is 1. The molecular formula is C14H16BrClN4O. The van der Waals surface area contributed by atoms with Crippen molar-refractivity contribution in [1.82, 2.24) is 9.97 Å². The fourth-order valence-corrected chi connectivity index (χ4v) is 2.23. The average Bonchev–Trinajstić information content (AvgIpc) is 2.49. The van der Waals surface area contributed by atoms with Gasteiger partial charge in [-0.1, -0.05) is 18.5 Å². The largest absolute Gasteiger partial charge is 0.490 e. The summed E-state index contributed by atoms with van der Waals surface area (Å²) < 4.78 is 6.22. The lowest BCUT2D eigenvalue weighted by Crippen LogP contribution is -2.07.